The van der Waals surface area contributed by atoms with Gasteiger partial charge in [-0.2, -0.15) is 0 Å². The molecular weight excluding hydrogens is 474 g/mol. The van der Waals surface area contributed by atoms with E-state index >= 15 is 0 Å². The van der Waals surface area contributed by atoms with Crippen molar-refractivity contribution in [1.82, 2.24) is 15.6 Å². The Bertz CT molecular complexity index is 959. The Kier molecular flexibility index (Phi) is 7.91. The van der Waals surface area contributed by atoms with Crippen molar-refractivity contribution in [3.05, 3.63) is 59.5 Å². The normalized spacial score (nSPS) is 11.2. The highest BCUT2D eigenvalue weighted by Gasteiger charge is 2.07. The van der Waals surface area contributed by atoms with Gasteiger partial charge in [0.25, 0.3) is 0 Å². The van der Waals surface area contributed by atoms with E-state index in [4.69, 9.17) is 4.74 Å². The summed E-state index contributed by atoms with van der Waals surface area (Å²) < 4.78 is 18.6. The first kappa shape index (κ1) is 21.8. The van der Waals surface area contributed by atoms with Gasteiger partial charge in [0.1, 0.15) is 17.3 Å². The number of H-pyrrole nitrogens is 1. The molecule has 2 aromatic carbocycles. The molecule has 0 saturated carbocycles. The predicted octanol–water partition coefficient (Wildman–Crippen LogP) is 3.55. The summed E-state index contributed by atoms with van der Waals surface area (Å²) >= 11 is 0. The molecule has 0 bridgehead atoms. The predicted molar refractivity (Wildman–Crippen MR) is 120 cm³/mol. The van der Waals surface area contributed by atoms with Gasteiger partial charge in [-0.1, -0.05) is 0 Å². The fraction of sp³-hybridized carbons (Fsp3) is 0.250. The third-order valence-corrected chi connectivity index (χ3v) is 4.37. The van der Waals surface area contributed by atoms with Crippen LogP contribution in [0.25, 0.3) is 10.9 Å². The van der Waals surface area contributed by atoms with Crippen LogP contribution in [0, 0.1) is 5.82 Å². The van der Waals surface area contributed by atoms with Gasteiger partial charge in [-0.25, -0.2) is 4.39 Å². The van der Waals surface area contributed by atoms with E-state index in [-0.39, 0.29) is 35.5 Å². The molecule has 3 rings (SSSR count). The maximum atomic E-state index is 13.5. The largest absolute Gasteiger partial charge is 0.508 e. The number of hydrogen-bond acceptors (Lipinski definition) is 3. The van der Waals surface area contributed by atoms with E-state index in [1.54, 1.807) is 44.5 Å². The molecule has 0 spiro atoms. The number of ether oxygens (including phenoxy) is 1. The second kappa shape index (κ2) is 10.2. The summed E-state index contributed by atoms with van der Waals surface area (Å²) in [6, 6.07) is 9.80. The maximum absolute atomic E-state index is 13.5. The van der Waals surface area contributed by atoms with Gasteiger partial charge in [0, 0.05) is 42.8 Å². The number of benzene rings is 2. The zero-order chi connectivity index (χ0) is 19.2. The topological polar surface area (TPSA) is 81.7 Å². The van der Waals surface area contributed by atoms with Crippen LogP contribution in [0.4, 0.5) is 4.39 Å². The van der Waals surface area contributed by atoms with Crippen molar-refractivity contribution < 1.29 is 14.2 Å². The van der Waals surface area contributed by atoms with Crippen molar-refractivity contribution in [1.29, 1.82) is 0 Å². The molecule has 150 valence electrons. The summed E-state index contributed by atoms with van der Waals surface area (Å²) in [5, 5.41) is 17.2. The van der Waals surface area contributed by atoms with Crippen molar-refractivity contribution in [2.75, 3.05) is 20.7 Å². The van der Waals surface area contributed by atoms with Crippen LogP contribution in [-0.4, -0.2) is 36.8 Å². The number of guanidine groups is 1. The fourth-order valence-corrected chi connectivity index (χ4v) is 2.90. The lowest BCUT2D eigenvalue weighted by molar-refractivity contribution is 0.410. The lowest BCUT2D eigenvalue weighted by atomic mass is 10.1. The molecule has 3 aromatic rings. The smallest absolute Gasteiger partial charge is 0.191 e. The number of aliphatic imine (C=N–C) groups is 1. The number of halogens is 2. The number of aromatic hydroxyl groups is 1. The van der Waals surface area contributed by atoms with E-state index in [0.29, 0.717) is 36.8 Å². The van der Waals surface area contributed by atoms with Gasteiger partial charge in [-0.3, -0.25) is 4.99 Å². The number of methoxy groups -OCH3 is 1. The lowest BCUT2D eigenvalue weighted by Gasteiger charge is -2.13. The van der Waals surface area contributed by atoms with Crippen LogP contribution in [0.3, 0.4) is 0 Å². The van der Waals surface area contributed by atoms with Gasteiger partial charge in [0.05, 0.1) is 7.11 Å². The third-order valence-electron chi connectivity index (χ3n) is 4.37. The van der Waals surface area contributed by atoms with E-state index < -0.39 is 0 Å². The van der Waals surface area contributed by atoms with E-state index in [1.165, 1.54) is 6.07 Å². The Balaban J connectivity index is 0.00000280. The molecule has 0 saturated heterocycles. The molecule has 28 heavy (non-hydrogen) atoms. The van der Waals surface area contributed by atoms with Gasteiger partial charge in [0.15, 0.2) is 5.96 Å². The molecule has 0 aliphatic carbocycles. The Morgan fingerprint density at radius 3 is 2.75 bits per heavy atom. The molecule has 0 radical (unpaired) electrons. The molecule has 0 unspecified atom stereocenters. The van der Waals surface area contributed by atoms with Crippen LogP contribution in [-0.2, 0) is 13.0 Å². The first-order chi connectivity index (χ1) is 13.1. The summed E-state index contributed by atoms with van der Waals surface area (Å²) in [4.78, 5) is 7.34. The van der Waals surface area contributed by atoms with Gasteiger partial charge in [-0.05, 0) is 48.4 Å². The fourth-order valence-electron chi connectivity index (χ4n) is 2.90. The molecule has 4 N–H and O–H groups in total. The highest BCUT2D eigenvalue weighted by Crippen LogP contribution is 2.22. The van der Waals surface area contributed by atoms with Crippen molar-refractivity contribution in [3.63, 3.8) is 0 Å². The molecule has 6 nitrogen and oxygen atoms in total. The molecule has 8 heteroatoms. The van der Waals surface area contributed by atoms with Gasteiger partial charge in [0.2, 0.25) is 0 Å². The first-order valence-corrected chi connectivity index (χ1v) is 8.66. The highest BCUT2D eigenvalue weighted by atomic mass is 127. The molecule has 0 amide bonds. The van der Waals surface area contributed by atoms with Crippen molar-refractivity contribution >= 4 is 40.8 Å². The van der Waals surface area contributed by atoms with Crippen molar-refractivity contribution in [2.45, 2.75) is 13.0 Å². The zero-order valence-electron chi connectivity index (χ0n) is 15.8. The Morgan fingerprint density at radius 1 is 1.18 bits per heavy atom. The average molecular weight is 498 g/mol. The maximum Gasteiger partial charge on any atom is 0.191 e. The summed E-state index contributed by atoms with van der Waals surface area (Å²) in [6.45, 7) is 1.04. The number of hydrogen-bond donors (Lipinski definition) is 4. The molecule has 0 fully saturated rings. The Labute approximate surface area is 180 Å². The zero-order valence-corrected chi connectivity index (χ0v) is 18.1. The minimum atomic E-state index is -0.244. The minimum Gasteiger partial charge on any atom is -0.508 e. The molecule has 1 aromatic heterocycles. The van der Waals surface area contributed by atoms with Gasteiger partial charge >= 0.3 is 0 Å². The number of rotatable bonds is 6. The summed E-state index contributed by atoms with van der Waals surface area (Å²) in [5.41, 5.74) is 2.67. The molecule has 1 heterocycles. The van der Waals surface area contributed by atoms with E-state index in [0.717, 1.165) is 16.5 Å². The van der Waals surface area contributed by atoms with E-state index in [2.05, 4.69) is 20.6 Å². The Morgan fingerprint density at radius 2 is 2.00 bits per heavy atom. The van der Waals surface area contributed by atoms with Crippen LogP contribution in [0.5, 0.6) is 11.5 Å². The Hall–Kier alpha value is -2.49. The number of nitrogens with one attached hydrogen (secondary N) is 3. The number of nitrogens with zero attached hydrogens (tertiary/aromatic N) is 1. The first-order valence-electron chi connectivity index (χ1n) is 8.66. The van der Waals surface area contributed by atoms with Crippen molar-refractivity contribution in [3.8, 4) is 11.5 Å². The third kappa shape index (κ3) is 5.28. The minimum absolute atomic E-state index is 0. The van der Waals surface area contributed by atoms with Crippen molar-refractivity contribution in [2.24, 2.45) is 4.99 Å². The highest BCUT2D eigenvalue weighted by molar-refractivity contribution is 14.0. The van der Waals surface area contributed by atoms with Crippen LogP contribution < -0.4 is 15.4 Å². The lowest BCUT2D eigenvalue weighted by Crippen LogP contribution is -2.37. The number of phenols is 1. The standard InChI is InChI=1S/C20H23FN4O2.HI/c1-22-20(25-12-14-9-16(27-2)4-6-19(14)26)23-8-7-13-11-24-18-5-3-15(21)10-17(13)18;/h3-6,9-11,24,26H,7-8,12H2,1-2H3,(H2,22,23,25);1H. The van der Waals surface area contributed by atoms with Gasteiger partial charge in [-0.15, -0.1) is 24.0 Å². The number of phenolic OH excluding ortho intramolecular Hbond substituents is 1. The second-order valence-corrected chi connectivity index (χ2v) is 6.10. The van der Waals surface area contributed by atoms with Crippen LogP contribution in [0.1, 0.15) is 11.1 Å². The quantitative estimate of drug-likeness (QED) is 0.238. The van der Waals surface area contributed by atoms with Crippen LogP contribution >= 0.6 is 24.0 Å². The molecular formula is C20H24FIN4O2. The SMILES string of the molecule is CN=C(NCCc1c[nH]c2ccc(F)cc12)NCc1cc(OC)ccc1O.I. The average Bonchev–Trinajstić information content (AvgIpc) is 3.07. The number of fused-ring (bicyclic) bond motifs is 1. The summed E-state index contributed by atoms with van der Waals surface area (Å²) in [6.07, 6.45) is 2.62. The summed E-state index contributed by atoms with van der Waals surface area (Å²) in [7, 11) is 3.27. The monoisotopic (exact) mass is 498 g/mol. The van der Waals surface area contributed by atoms with E-state index in [9.17, 15) is 9.50 Å². The number of aromatic nitrogens is 1. The molecule has 0 aliphatic rings. The number of aromatic amines is 1. The molecule has 0 atom stereocenters. The second-order valence-electron chi connectivity index (χ2n) is 6.10. The van der Waals surface area contributed by atoms with Crippen LogP contribution in [0.2, 0.25) is 0 Å². The molecule has 0 aliphatic heterocycles. The van der Waals surface area contributed by atoms with Gasteiger partial charge < -0.3 is 25.5 Å². The summed E-state index contributed by atoms with van der Waals surface area (Å²) in [5.74, 6) is 1.24. The van der Waals surface area contributed by atoms with Crippen LogP contribution in [0.15, 0.2) is 47.6 Å². The van der Waals surface area contributed by atoms with E-state index in [1.807, 2.05) is 6.20 Å².